The third-order valence-electron chi connectivity index (χ3n) is 2.15. The average molecular weight is 262 g/mol. The second kappa shape index (κ2) is 5.37. The second-order valence-electron chi connectivity index (χ2n) is 3.43. The molecule has 0 unspecified atom stereocenters. The number of rotatable bonds is 3. The third kappa shape index (κ3) is 3.11. The van der Waals surface area contributed by atoms with E-state index >= 15 is 0 Å². The molecule has 0 fully saturated rings. The molecule has 0 saturated carbocycles. The molecule has 0 spiro atoms. The van der Waals surface area contributed by atoms with Crippen LogP contribution in [0.1, 0.15) is 5.56 Å². The van der Waals surface area contributed by atoms with Crippen LogP contribution in [0.5, 0.6) is 0 Å². The largest absolute Gasteiger partial charge is 0.269 e. The summed E-state index contributed by atoms with van der Waals surface area (Å²) in [4.78, 5) is 18.1. The summed E-state index contributed by atoms with van der Waals surface area (Å²) in [7, 11) is 0. The van der Waals surface area contributed by atoms with Crippen LogP contribution in [0.3, 0.4) is 0 Å². The third-order valence-corrected chi connectivity index (χ3v) is 2.36. The van der Waals surface area contributed by atoms with Crippen molar-refractivity contribution >= 4 is 29.3 Å². The van der Waals surface area contributed by atoms with Crippen molar-refractivity contribution in [3.05, 3.63) is 63.3 Å². The number of hydrogen-bond donors (Lipinski definition) is 0. The Balaban J connectivity index is 2.16. The minimum atomic E-state index is -0.445. The maximum atomic E-state index is 10.5. The Morgan fingerprint density at radius 3 is 2.56 bits per heavy atom. The van der Waals surface area contributed by atoms with Gasteiger partial charge in [-0.25, -0.2) is 9.98 Å². The van der Waals surface area contributed by atoms with Gasteiger partial charge >= 0.3 is 0 Å². The smallest absolute Gasteiger partial charge is 0.258 e. The number of aliphatic imine (C=N–C) groups is 1. The molecule has 0 amide bonds. The number of nitro benzene ring substituents is 1. The van der Waals surface area contributed by atoms with Crippen LogP contribution in [-0.2, 0) is 0 Å². The molecule has 18 heavy (non-hydrogen) atoms. The zero-order valence-corrected chi connectivity index (χ0v) is 9.91. The zero-order chi connectivity index (χ0) is 13.0. The summed E-state index contributed by atoms with van der Waals surface area (Å²) in [5.41, 5.74) is 0.801. The molecule has 5 nitrogen and oxygen atoms in total. The lowest BCUT2D eigenvalue weighted by molar-refractivity contribution is -0.384. The monoisotopic (exact) mass is 261 g/mol. The summed E-state index contributed by atoms with van der Waals surface area (Å²) < 4.78 is 0. The van der Waals surface area contributed by atoms with Gasteiger partial charge in [0.15, 0.2) is 5.82 Å². The van der Waals surface area contributed by atoms with E-state index in [0.29, 0.717) is 11.0 Å². The highest BCUT2D eigenvalue weighted by molar-refractivity contribution is 6.29. The standard InChI is InChI=1S/C12H8ClN3O2/c13-11-2-1-3-12(15-11)14-8-9-4-6-10(7-5-9)16(17)18/h1-8H. The van der Waals surface area contributed by atoms with Gasteiger partial charge in [0, 0.05) is 18.3 Å². The lowest BCUT2D eigenvalue weighted by atomic mass is 10.2. The van der Waals surface area contributed by atoms with Crippen LogP contribution >= 0.6 is 11.6 Å². The summed E-state index contributed by atoms with van der Waals surface area (Å²) >= 11 is 5.72. The van der Waals surface area contributed by atoms with Gasteiger partial charge in [0.1, 0.15) is 5.15 Å². The average Bonchev–Trinajstić information content (AvgIpc) is 2.37. The van der Waals surface area contributed by atoms with Crippen LogP contribution in [0.4, 0.5) is 11.5 Å². The molecule has 0 N–H and O–H groups in total. The predicted molar refractivity (Wildman–Crippen MR) is 69.6 cm³/mol. The molecule has 0 radical (unpaired) electrons. The van der Waals surface area contributed by atoms with Gasteiger partial charge in [-0.05, 0) is 29.8 Å². The molecule has 0 aliphatic heterocycles. The molecular weight excluding hydrogens is 254 g/mol. The van der Waals surface area contributed by atoms with Gasteiger partial charge in [0.05, 0.1) is 4.92 Å². The number of halogens is 1. The normalized spacial score (nSPS) is 10.7. The van der Waals surface area contributed by atoms with E-state index in [0.717, 1.165) is 5.56 Å². The van der Waals surface area contributed by atoms with Crippen LogP contribution in [0.15, 0.2) is 47.5 Å². The minimum Gasteiger partial charge on any atom is -0.258 e. The van der Waals surface area contributed by atoms with Crippen molar-refractivity contribution in [1.29, 1.82) is 0 Å². The van der Waals surface area contributed by atoms with E-state index in [1.54, 1.807) is 36.5 Å². The molecule has 2 aromatic rings. The Hall–Kier alpha value is -2.27. The van der Waals surface area contributed by atoms with Crippen molar-refractivity contribution in [2.75, 3.05) is 0 Å². The summed E-state index contributed by atoms with van der Waals surface area (Å²) in [5, 5.41) is 10.8. The van der Waals surface area contributed by atoms with Gasteiger partial charge in [-0.3, -0.25) is 10.1 Å². The van der Waals surface area contributed by atoms with Crippen LogP contribution in [0.25, 0.3) is 0 Å². The number of aromatic nitrogens is 1. The van der Waals surface area contributed by atoms with Crippen molar-refractivity contribution in [1.82, 2.24) is 4.98 Å². The number of non-ortho nitro benzene ring substituents is 1. The summed E-state index contributed by atoms with van der Waals surface area (Å²) in [5.74, 6) is 0.487. The van der Waals surface area contributed by atoms with E-state index < -0.39 is 4.92 Å². The Morgan fingerprint density at radius 2 is 1.94 bits per heavy atom. The van der Waals surface area contributed by atoms with Crippen molar-refractivity contribution in [3.63, 3.8) is 0 Å². The molecule has 2 rings (SSSR count). The first kappa shape index (κ1) is 12.2. The van der Waals surface area contributed by atoms with E-state index in [9.17, 15) is 10.1 Å². The molecule has 1 heterocycles. The first-order valence-corrected chi connectivity index (χ1v) is 5.44. The van der Waals surface area contributed by atoms with Crippen LogP contribution in [-0.4, -0.2) is 16.1 Å². The molecule has 0 saturated heterocycles. The maximum Gasteiger partial charge on any atom is 0.269 e. The molecule has 0 aliphatic carbocycles. The minimum absolute atomic E-state index is 0.0491. The first-order valence-electron chi connectivity index (χ1n) is 5.06. The van der Waals surface area contributed by atoms with Gasteiger partial charge in [-0.2, -0.15) is 0 Å². The van der Waals surface area contributed by atoms with Gasteiger partial charge in [-0.15, -0.1) is 0 Å². The lowest BCUT2D eigenvalue weighted by Crippen LogP contribution is -1.88. The fraction of sp³-hybridized carbons (Fsp3) is 0. The van der Waals surface area contributed by atoms with Gasteiger partial charge in [0.25, 0.3) is 5.69 Å². The van der Waals surface area contributed by atoms with Gasteiger partial charge in [-0.1, -0.05) is 17.7 Å². The Bertz CT molecular complexity index is 597. The summed E-state index contributed by atoms with van der Waals surface area (Å²) in [6, 6.07) is 11.2. The van der Waals surface area contributed by atoms with Gasteiger partial charge in [0.2, 0.25) is 0 Å². The molecule has 90 valence electrons. The lowest BCUT2D eigenvalue weighted by Gasteiger charge is -1.94. The summed E-state index contributed by atoms with van der Waals surface area (Å²) in [6.45, 7) is 0. The van der Waals surface area contributed by atoms with Crippen molar-refractivity contribution in [2.45, 2.75) is 0 Å². The van der Waals surface area contributed by atoms with E-state index in [2.05, 4.69) is 9.98 Å². The molecule has 0 aliphatic rings. The van der Waals surface area contributed by atoms with Crippen LogP contribution in [0, 0.1) is 10.1 Å². The Labute approximate surface area is 108 Å². The Morgan fingerprint density at radius 1 is 1.22 bits per heavy atom. The van der Waals surface area contributed by atoms with Crippen LogP contribution in [0.2, 0.25) is 5.15 Å². The van der Waals surface area contributed by atoms with Crippen molar-refractivity contribution in [2.24, 2.45) is 4.99 Å². The number of nitrogens with zero attached hydrogens (tertiary/aromatic N) is 3. The number of hydrogen-bond acceptors (Lipinski definition) is 4. The highest BCUT2D eigenvalue weighted by Gasteiger charge is 2.02. The highest BCUT2D eigenvalue weighted by Crippen LogP contribution is 2.14. The topological polar surface area (TPSA) is 68.4 Å². The molecular formula is C12H8ClN3O2. The summed E-state index contributed by atoms with van der Waals surface area (Å²) in [6.07, 6.45) is 1.57. The maximum absolute atomic E-state index is 10.5. The van der Waals surface area contributed by atoms with E-state index in [-0.39, 0.29) is 5.69 Å². The van der Waals surface area contributed by atoms with E-state index in [1.807, 2.05) is 0 Å². The molecule has 1 aromatic carbocycles. The molecule has 1 aromatic heterocycles. The molecule has 6 heteroatoms. The zero-order valence-electron chi connectivity index (χ0n) is 9.15. The van der Waals surface area contributed by atoms with Crippen molar-refractivity contribution < 1.29 is 4.92 Å². The van der Waals surface area contributed by atoms with Crippen molar-refractivity contribution in [3.8, 4) is 0 Å². The quantitative estimate of drug-likeness (QED) is 0.368. The predicted octanol–water partition coefficient (Wildman–Crippen LogP) is 3.39. The second-order valence-corrected chi connectivity index (χ2v) is 3.81. The van der Waals surface area contributed by atoms with Gasteiger partial charge < -0.3 is 0 Å². The Kier molecular flexibility index (Phi) is 3.64. The molecule has 0 atom stereocenters. The number of benzene rings is 1. The first-order chi connectivity index (χ1) is 8.65. The number of nitro groups is 1. The molecule has 0 bridgehead atoms. The number of pyridine rings is 1. The van der Waals surface area contributed by atoms with Crippen LogP contribution < -0.4 is 0 Å². The van der Waals surface area contributed by atoms with E-state index in [1.165, 1.54) is 12.1 Å². The highest BCUT2D eigenvalue weighted by atomic mass is 35.5. The van der Waals surface area contributed by atoms with E-state index in [4.69, 9.17) is 11.6 Å². The fourth-order valence-corrected chi connectivity index (χ4v) is 1.45. The fourth-order valence-electron chi connectivity index (χ4n) is 1.29. The SMILES string of the molecule is O=[N+]([O-])c1ccc(C=Nc2cccc(Cl)n2)cc1.